The SMILES string of the molecule is COc1nccnc1OC1CCN(C(=O)c2ccc(Cl)s2)C1. The first-order chi connectivity index (χ1) is 10.7. The van der Waals surface area contributed by atoms with E-state index in [-0.39, 0.29) is 12.0 Å². The molecule has 0 saturated carbocycles. The summed E-state index contributed by atoms with van der Waals surface area (Å²) in [5.74, 6) is 0.676. The van der Waals surface area contributed by atoms with Crippen molar-refractivity contribution in [3.63, 3.8) is 0 Å². The number of likely N-dealkylation sites (tertiary alicyclic amines) is 1. The molecule has 1 aliphatic heterocycles. The highest BCUT2D eigenvalue weighted by atomic mass is 35.5. The lowest BCUT2D eigenvalue weighted by Crippen LogP contribution is -2.30. The van der Waals surface area contributed by atoms with Crippen LogP contribution in [-0.4, -0.2) is 47.1 Å². The molecule has 0 N–H and O–H groups in total. The van der Waals surface area contributed by atoms with Crippen LogP contribution in [0.4, 0.5) is 0 Å². The normalized spacial score (nSPS) is 17.5. The smallest absolute Gasteiger partial charge is 0.278 e. The van der Waals surface area contributed by atoms with Gasteiger partial charge in [-0.05, 0) is 12.1 Å². The molecular formula is C14H14ClN3O3S. The summed E-state index contributed by atoms with van der Waals surface area (Å²) < 4.78 is 11.5. The number of amides is 1. The Labute approximate surface area is 136 Å². The third-order valence-electron chi connectivity index (χ3n) is 3.32. The van der Waals surface area contributed by atoms with Crippen molar-refractivity contribution in [2.75, 3.05) is 20.2 Å². The maximum atomic E-state index is 12.4. The van der Waals surface area contributed by atoms with Crippen LogP contribution >= 0.6 is 22.9 Å². The number of aromatic nitrogens is 2. The molecule has 3 rings (SSSR count). The summed E-state index contributed by atoms with van der Waals surface area (Å²) in [7, 11) is 1.52. The summed E-state index contributed by atoms with van der Waals surface area (Å²) in [5.41, 5.74) is 0. The van der Waals surface area contributed by atoms with Gasteiger partial charge in [0.1, 0.15) is 6.10 Å². The van der Waals surface area contributed by atoms with E-state index in [1.807, 2.05) is 0 Å². The molecule has 2 aromatic rings. The second-order valence-electron chi connectivity index (χ2n) is 4.75. The number of methoxy groups -OCH3 is 1. The maximum Gasteiger partial charge on any atom is 0.278 e. The molecule has 2 aromatic heterocycles. The molecule has 0 aromatic carbocycles. The molecule has 3 heterocycles. The quantitative estimate of drug-likeness (QED) is 0.856. The number of ether oxygens (including phenoxy) is 2. The van der Waals surface area contributed by atoms with Crippen LogP contribution in [0.15, 0.2) is 24.5 Å². The first-order valence-corrected chi connectivity index (χ1v) is 7.93. The second kappa shape index (κ2) is 6.50. The summed E-state index contributed by atoms with van der Waals surface area (Å²) in [6, 6.07) is 3.48. The molecule has 0 bridgehead atoms. The fourth-order valence-corrected chi connectivity index (χ4v) is 3.30. The van der Waals surface area contributed by atoms with Crippen molar-refractivity contribution in [3.05, 3.63) is 33.7 Å². The van der Waals surface area contributed by atoms with Crippen LogP contribution in [-0.2, 0) is 0 Å². The Balaban J connectivity index is 1.64. The molecule has 1 amide bonds. The minimum Gasteiger partial charge on any atom is -0.477 e. The maximum absolute atomic E-state index is 12.4. The van der Waals surface area contributed by atoms with E-state index < -0.39 is 0 Å². The minimum absolute atomic E-state index is 0.0193. The summed E-state index contributed by atoms with van der Waals surface area (Å²) in [5, 5.41) is 0. The summed E-state index contributed by atoms with van der Waals surface area (Å²) >= 11 is 7.16. The monoisotopic (exact) mass is 339 g/mol. The molecule has 0 aliphatic carbocycles. The van der Waals surface area contributed by atoms with Crippen molar-refractivity contribution in [2.45, 2.75) is 12.5 Å². The lowest BCUT2D eigenvalue weighted by molar-refractivity contribution is 0.0775. The molecule has 1 unspecified atom stereocenters. The number of carbonyl (C=O) groups excluding carboxylic acids is 1. The first-order valence-electron chi connectivity index (χ1n) is 6.73. The molecule has 22 heavy (non-hydrogen) atoms. The van der Waals surface area contributed by atoms with E-state index in [1.165, 1.54) is 24.6 Å². The molecular weight excluding hydrogens is 326 g/mol. The van der Waals surface area contributed by atoms with E-state index in [4.69, 9.17) is 21.1 Å². The number of hydrogen-bond acceptors (Lipinski definition) is 6. The van der Waals surface area contributed by atoms with Crippen molar-refractivity contribution in [2.24, 2.45) is 0 Å². The minimum atomic E-state index is -0.120. The fourth-order valence-electron chi connectivity index (χ4n) is 2.29. The fraction of sp³-hybridized carbons (Fsp3) is 0.357. The zero-order valence-corrected chi connectivity index (χ0v) is 13.4. The van der Waals surface area contributed by atoms with Crippen LogP contribution in [0, 0.1) is 0 Å². The third-order valence-corrected chi connectivity index (χ3v) is 4.54. The molecule has 116 valence electrons. The first kappa shape index (κ1) is 15.1. The van der Waals surface area contributed by atoms with E-state index in [9.17, 15) is 4.79 Å². The van der Waals surface area contributed by atoms with Gasteiger partial charge in [0, 0.05) is 25.4 Å². The summed E-state index contributed by atoms with van der Waals surface area (Å²) in [4.78, 5) is 22.9. The predicted octanol–water partition coefficient (Wildman–Crippen LogP) is 2.49. The van der Waals surface area contributed by atoms with Crippen LogP contribution in [0.3, 0.4) is 0 Å². The number of thiophene rings is 1. The molecule has 0 spiro atoms. The average Bonchev–Trinajstić information content (AvgIpc) is 3.16. The molecule has 0 radical (unpaired) electrons. The van der Waals surface area contributed by atoms with Crippen LogP contribution in [0.1, 0.15) is 16.1 Å². The van der Waals surface area contributed by atoms with E-state index in [1.54, 1.807) is 23.2 Å². The summed E-state index contributed by atoms with van der Waals surface area (Å²) in [6.07, 6.45) is 3.70. The van der Waals surface area contributed by atoms with Gasteiger partial charge >= 0.3 is 0 Å². The van der Waals surface area contributed by atoms with Crippen LogP contribution in [0.2, 0.25) is 4.34 Å². The highest BCUT2D eigenvalue weighted by Crippen LogP contribution is 2.27. The number of nitrogens with zero attached hydrogens (tertiary/aromatic N) is 3. The Hall–Kier alpha value is -1.86. The van der Waals surface area contributed by atoms with Gasteiger partial charge in [0.15, 0.2) is 0 Å². The van der Waals surface area contributed by atoms with Crippen molar-refractivity contribution >= 4 is 28.8 Å². The lowest BCUT2D eigenvalue weighted by Gasteiger charge is -2.16. The van der Waals surface area contributed by atoms with Gasteiger partial charge in [0.05, 0.1) is 22.9 Å². The van der Waals surface area contributed by atoms with Crippen molar-refractivity contribution < 1.29 is 14.3 Å². The lowest BCUT2D eigenvalue weighted by atomic mass is 10.3. The second-order valence-corrected chi connectivity index (χ2v) is 6.47. The van der Waals surface area contributed by atoms with E-state index in [2.05, 4.69) is 9.97 Å². The topological polar surface area (TPSA) is 64.6 Å². The zero-order chi connectivity index (χ0) is 15.5. The van der Waals surface area contributed by atoms with Gasteiger partial charge in [-0.2, -0.15) is 0 Å². The van der Waals surface area contributed by atoms with Crippen LogP contribution in [0.25, 0.3) is 0 Å². The van der Waals surface area contributed by atoms with E-state index in [0.717, 1.165) is 6.42 Å². The Morgan fingerprint density at radius 2 is 2.14 bits per heavy atom. The highest BCUT2D eigenvalue weighted by molar-refractivity contribution is 7.17. The number of halogens is 1. The van der Waals surface area contributed by atoms with Gasteiger partial charge in [-0.25, -0.2) is 9.97 Å². The highest BCUT2D eigenvalue weighted by Gasteiger charge is 2.30. The molecule has 1 aliphatic rings. The van der Waals surface area contributed by atoms with Crippen LogP contribution in [0.5, 0.6) is 11.8 Å². The van der Waals surface area contributed by atoms with Crippen molar-refractivity contribution in [3.8, 4) is 11.8 Å². The van der Waals surface area contributed by atoms with E-state index in [0.29, 0.717) is 34.1 Å². The number of carbonyl (C=O) groups is 1. The zero-order valence-electron chi connectivity index (χ0n) is 11.9. The standard InChI is InChI=1S/C14H14ClN3O3S/c1-20-12-13(17-6-5-16-12)21-9-4-7-18(8-9)14(19)10-2-3-11(15)22-10/h2-3,5-6,9H,4,7-8H2,1H3. The van der Waals surface area contributed by atoms with Crippen molar-refractivity contribution in [1.29, 1.82) is 0 Å². The molecule has 1 saturated heterocycles. The molecule has 8 heteroatoms. The van der Waals surface area contributed by atoms with Gasteiger partial charge in [0.2, 0.25) is 0 Å². The van der Waals surface area contributed by atoms with Crippen molar-refractivity contribution in [1.82, 2.24) is 14.9 Å². The molecule has 1 fully saturated rings. The molecule has 1 atom stereocenters. The Morgan fingerprint density at radius 3 is 2.82 bits per heavy atom. The Morgan fingerprint density at radius 1 is 1.36 bits per heavy atom. The van der Waals surface area contributed by atoms with Gasteiger partial charge in [-0.15, -0.1) is 11.3 Å². The predicted molar refractivity (Wildman–Crippen MR) is 82.8 cm³/mol. The largest absolute Gasteiger partial charge is 0.477 e. The third kappa shape index (κ3) is 3.15. The van der Waals surface area contributed by atoms with Crippen LogP contribution < -0.4 is 9.47 Å². The summed E-state index contributed by atoms with van der Waals surface area (Å²) in [6.45, 7) is 1.15. The number of hydrogen-bond donors (Lipinski definition) is 0. The van der Waals surface area contributed by atoms with Gasteiger partial charge < -0.3 is 14.4 Å². The Kier molecular flexibility index (Phi) is 4.44. The van der Waals surface area contributed by atoms with Gasteiger partial charge in [0.25, 0.3) is 17.7 Å². The van der Waals surface area contributed by atoms with E-state index >= 15 is 0 Å². The average molecular weight is 340 g/mol. The van der Waals surface area contributed by atoms with Gasteiger partial charge in [-0.1, -0.05) is 11.6 Å². The number of rotatable bonds is 4. The Bertz CT molecular complexity index is 679. The molecule has 6 nitrogen and oxygen atoms in total. The van der Waals surface area contributed by atoms with Gasteiger partial charge in [-0.3, -0.25) is 4.79 Å².